The Morgan fingerprint density at radius 3 is 3.09 bits per heavy atom. The summed E-state index contributed by atoms with van der Waals surface area (Å²) in [6.07, 6.45) is 0. The van der Waals surface area contributed by atoms with E-state index in [1.54, 1.807) is 11.3 Å². The Kier molecular flexibility index (Phi) is 1.59. The van der Waals surface area contributed by atoms with E-state index >= 15 is 0 Å². The zero-order valence-electron chi connectivity index (χ0n) is 5.97. The summed E-state index contributed by atoms with van der Waals surface area (Å²) in [5.41, 5.74) is 2.20. The van der Waals surface area contributed by atoms with E-state index in [2.05, 4.69) is 10.4 Å². The molecule has 0 amide bonds. The Hall–Kier alpha value is -0.600. The van der Waals surface area contributed by atoms with E-state index in [4.69, 9.17) is 11.6 Å². The van der Waals surface area contributed by atoms with Crippen molar-refractivity contribution in [2.24, 2.45) is 0 Å². The molecule has 0 saturated heterocycles. The number of pyridine rings is 1. The topological polar surface area (TPSA) is 12.9 Å². The minimum Gasteiger partial charge on any atom is -0.235 e. The number of hydrogen-bond acceptors (Lipinski definition) is 2. The lowest BCUT2D eigenvalue weighted by Crippen LogP contribution is -1.78. The molecule has 0 spiro atoms. The van der Waals surface area contributed by atoms with E-state index < -0.39 is 0 Å². The highest BCUT2D eigenvalue weighted by Crippen LogP contribution is 2.23. The van der Waals surface area contributed by atoms with E-state index in [0.717, 1.165) is 5.52 Å². The van der Waals surface area contributed by atoms with Crippen LogP contribution >= 0.6 is 22.9 Å². The van der Waals surface area contributed by atoms with Crippen LogP contribution in [0.5, 0.6) is 0 Å². The van der Waals surface area contributed by atoms with Crippen LogP contribution in [0.3, 0.4) is 0 Å². The number of fused-ring (bicyclic) bond motifs is 1. The third kappa shape index (κ3) is 1.12. The van der Waals surface area contributed by atoms with Crippen molar-refractivity contribution in [3.05, 3.63) is 27.5 Å². The van der Waals surface area contributed by atoms with Crippen LogP contribution in [0.2, 0.25) is 5.15 Å². The average Bonchev–Trinajstić information content (AvgIpc) is 2.34. The maximum atomic E-state index is 5.77. The second-order valence-corrected chi connectivity index (χ2v) is 3.56. The number of thiophene rings is 1. The third-order valence-electron chi connectivity index (χ3n) is 1.63. The highest BCUT2D eigenvalue weighted by molar-refractivity contribution is 7.09. The predicted molar refractivity (Wildman–Crippen MR) is 49.4 cm³/mol. The summed E-state index contributed by atoms with van der Waals surface area (Å²) in [5, 5.41) is 5.88. The Labute approximate surface area is 73.6 Å². The number of aromatic nitrogens is 1. The first-order valence-corrected chi connectivity index (χ1v) is 4.58. The number of nitrogens with zero attached hydrogens (tertiary/aromatic N) is 1. The lowest BCUT2D eigenvalue weighted by Gasteiger charge is -1.95. The Bertz CT molecular complexity index is 394. The molecule has 0 saturated carbocycles. The van der Waals surface area contributed by atoms with Crippen LogP contribution in [0, 0.1) is 6.92 Å². The lowest BCUT2D eigenvalue weighted by molar-refractivity contribution is 1.38. The fraction of sp³-hybridized carbons (Fsp3) is 0.125. The molecular weight excluding hydrogens is 178 g/mol. The van der Waals surface area contributed by atoms with Crippen LogP contribution < -0.4 is 0 Å². The van der Waals surface area contributed by atoms with Crippen LogP contribution in [0.4, 0.5) is 0 Å². The third-order valence-corrected chi connectivity index (χ3v) is 2.55. The summed E-state index contributed by atoms with van der Waals surface area (Å²) in [5.74, 6) is 0. The standard InChI is InChI=1S/C8H6ClNS/c1-5-2-8(9)10-7-4-11-3-6(5)7/h2-4H,1H3. The van der Waals surface area contributed by atoms with E-state index in [0.29, 0.717) is 5.15 Å². The SMILES string of the molecule is Cc1cc(Cl)nc2cscc12. The number of hydrogen-bond donors (Lipinski definition) is 0. The van der Waals surface area contributed by atoms with Crippen LogP contribution in [0.25, 0.3) is 10.9 Å². The largest absolute Gasteiger partial charge is 0.235 e. The van der Waals surface area contributed by atoms with Crippen LogP contribution in [-0.4, -0.2) is 4.98 Å². The smallest absolute Gasteiger partial charge is 0.130 e. The number of aryl methyl sites for hydroxylation is 1. The van der Waals surface area contributed by atoms with Crippen molar-refractivity contribution in [3.8, 4) is 0 Å². The van der Waals surface area contributed by atoms with E-state index in [9.17, 15) is 0 Å². The van der Waals surface area contributed by atoms with Crippen molar-refractivity contribution in [1.82, 2.24) is 4.98 Å². The maximum Gasteiger partial charge on any atom is 0.130 e. The van der Waals surface area contributed by atoms with Crippen LogP contribution in [0.15, 0.2) is 16.8 Å². The van der Waals surface area contributed by atoms with Gasteiger partial charge in [-0.3, -0.25) is 0 Å². The maximum absolute atomic E-state index is 5.77. The fourth-order valence-corrected chi connectivity index (χ4v) is 2.15. The van der Waals surface area contributed by atoms with Gasteiger partial charge in [0, 0.05) is 16.1 Å². The Morgan fingerprint density at radius 2 is 2.27 bits per heavy atom. The molecule has 0 atom stereocenters. The van der Waals surface area contributed by atoms with Gasteiger partial charge in [-0.05, 0) is 18.6 Å². The van der Waals surface area contributed by atoms with Gasteiger partial charge in [0.05, 0.1) is 5.52 Å². The summed E-state index contributed by atoms with van der Waals surface area (Å²) in [6.45, 7) is 2.04. The highest BCUT2D eigenvalue weighted by Gasteiger charge is 2.00. The molecule has 11 heavy (non-hydrogen) atoms. The van der Waals surface area contributed by atoms with E-state index in [-0.39, 0.29) is 0 Å². The van der Waals surface area contributed by atoms with Gasteiger partial charge in [-0.25, -0.2) is 4.98 Å². The monoisotopic (exact) mass is 183 g/mol. The normalized spacial score (nSPS) is 10.7. The molecule has 2 heterocycles. The molecule has 2 aromatic rings. The van der Waals surface area contributed by atoms with Gasteiger partial charge in [-0.2, -0.15) is 0 Å². The van der Waals surface area contributed by atoms with Crippen molar-refractivity contribution in [1.29, 1.82) is 0 Å². The zero-order chi connectivity index (χ0) is 7.84. The second kappa shape index (κ2) is 2.47. The van der Waals surface area contributed by atoms with Gasteiger partial charge in [0.15, 0.2) is 0 Å². The van der Waals surface area contributed by atoms with Gasteiger partial charge in [-0.1, -0.05) is 11.6 Å². The Morgan fingerprint density at radius 1 is 1.45 bits per heavy atom. The molecule has 0 N–H and O–H groups in total. The summed E-state index contributed by atoms with van der Waals surface area (Å²) in [6, 6.07) is 1.89. The molecule has 2 aromatic heterocycles. The lowest BCUT2D eigenvalue weighted by atomic mass is 10.2. The first kappa shape index (κ1) is 7.07. The zero-order valence-corrected chi connectivity index (χ0v) is 7.54. The molecule has 0 aliphatic heterocycles. The van der Waals surface area contributed by atoms with Crippen molar-refractivity contribution in [2.75, 3.05) is 0 Å². The first-order chi connectivity index (χ1) is 5.27. The minimum atomic E-state index is 0.577. The van der Waals surface area contributed by atoms with Gasteiger partial charge >= 0.3 is 0 Å². The Balaban J connectivity index is 2.91. The van der Waals surface area contributed by atoms with Gasteiger partial charge in [0.1, 0.15) is 5.15 Å². The molecule has 0 radical (unpaired) electrons. The van der Waals surface area contributed by atoms with Crippen molar-refractivity contribution >= 4 is 33.8 Å². The molecular formula is C8H6ClNS. The summed E-state index contributed by atoms with van der Waals surface area (Å²) in [7, 11) is 0. The predicted octanol–water partition coefficient (Wildman–Crippen LogP) is 3.26. The molecule has 0 aliphatic rings. The van der Waals surface area contributed by atoms with E-state index in [1.807, 2.05) is 18.4 Å². The summed E-state index contributed by atoms with van der Waals surface area (Å²) >= 11 is 7.43. The molecule has 3 heteroatoms. The molecule has 0 aromatic carbocycles. The molecule has 0 aliphatic carbocycles. The van der Waals surface area contributed by atoms with Crippen LogP contribution in [-0.2, 0) is 0 Å². The van der Waals surface area contributed by atoms with Gasteiger partial charge in [-0.15, -0.1) is 11.3 Å². The summed E-state index contributed by atoms with van der Waals surface area (Å²) < 4.78 is 0. The average molecular weight is 184 g/mol. The molecule has 0 bridgehead atoms. The minimum absolute atomic E-state index is 0.577. The van der Waals surface area contributed by atoms with Crippen molar-refractivity contribution in [3.63, 3.8) is 0 Å². The summed E-state index contributed by atoms with van der Waals surface area (Å²) in [4.78, 5) is 4.17. The van der Waals surface area contributed by atoms with Crippen molar-refractivity contribution < 1.29 is 0 Å². The second-order valence-electron chi connectivity index (χ2n) is 2.43. The number of halogens is 1. The molecule has 1 nitrogen and oxygen atoms in total. The van der Waals surface area contributed by atoms with Crippen LogP contribution in [0.1, 0.15) is 5.56 Å². The fourth-order valence-electron chi connectivity index (χ4n) is 1.08. The first-order valence-electron chi connectivity index (χ1n) is 3.26. The molecule has 56 valence electrons. The van der Waals surface area contributed by atoms with Gasteiger partial charge in [0.2, 0.25) is 0 Å². The van der Waals surface area contributed by atoms with Gasteiger partial charge in [0.25, 0.3) is 0 Å². The van der Waals surface area contributed by atoms with Crippen molar-refractivity contribution in [2.45, 2.75) is 6.92 Å². The van der Waals surface area contributed by atoms with E-state index in [1.165, 1.54) is 10.9 Å². The molecule has 0 unspecified atom stereocenters. The molecule has 2 rings (SSSR count). The highest BCUT2D eigenvalue weighted by atomic mass is 35.5. The molecule has 0 fully saturated rings. The number of rotatable bonds is 0. The van der Waals surface area contributed by atoms with Gasteiger partial charge < -0.3 is 0 Å². The quantitative estimate of drug-likeness (QED) is 0.572.